The van der Waals surface area contributed by atoms with E-state index >= 15 is 0 Å². The van der Waals surface area contributed by atoms with E-state index in [4.69, 9.17) is 23.2 Å². The van der Waals surface area contributed by atoms with Crippen molar-refractivity contribution in [2.45, 2.75) is 19.5 Å². The number of nitrogens with one attached hydrogen (secondary N) is 1. The fraction of sp³-hybridized carbons (Fsp3) is 0.250. The molecule has 0 aliphatic carbocycles. The number of likely N-dealkylation sites (N-methyl/N-ethyl adjacent to an activating group) is 1. The normalized spacial score (nSPS) is 12.3. The zero-order chi connectivity index (χ0) is 25.0. The van der Waals surface area contributed by atoms with E-state index in [9.17, 15) is 18.0 Å². The van der Waals surface area contributed by atoms with Gasteiger partial charge in [-0.25, -0.2) is 8.42 Å². The molecule has 3 rings (SSSR count). The second kappa shape index (κ2) is 10.6. The summed E-state index contributed by atoms with van der Waals surface area (Å²) in [6, 6.07) is 16.5. The van der Waals surface area contributed by atoms with Gasteiger partial charge in [0.2, 0.25) is 21.8 Å². The van der Waals surface area contributed by atoms with Crippen molar-refractivity contribution in [3.63, 3.8) is 0 Å². The maximum absolute atomic E-state index is 13.5. The molecule has 0 radical (unpaired) electrons. The van der Waals surface area contributed by atoms with Gasteiger partial charge in [0.15, 0.2) is 0 Å². The van der Waals surface area contributed by atoms with Crippen LogP contribution in [-0.2, 0) is 26.2 Å². The number of sulfonamides is 1. The topological polar surface area (TPSA) is 86.8 Å². The SMILES string of the molecule is CNC(=O)[C@H](C)N(Cc1ccc(Cl)cc1Cl)C(=O)CN(c1cccc2ccccc12)S(C)(=O)=O. The number of rotatable bonds is 8. The van der Waals surface area contributed by atoms with Crippen LogP contribution in [0.4, 0.5) is 5.69 Å². The number of benzene rings is 3. The van der Waals surface area contributed by atoms with E-state index in [0.717, 1.165) is 15.9 Å². The molecule has 7 nitrogen and oxygen atoms in total. The summed E-state index contributed by atoms with van der Waals surface area (Å²) in [6.45, 7) is 1.08. The van der Waals surface area contributed by atoms with Crippen molar-refractivity contribution in [1.82, 2.24) is 10.2 Å². The van der Waals surface area contributed by atoms with Crippen molar-refractivity contribution in [1.29, 1.82) is 0 Å². The average Bonchev–Trinajstić information content (AvgIpc) is 2.80. The van der Waals surface area contributed by atoms with E-state index in [2.05, 4.69) is 5.32 Å². The van der Waals surface area contributed by atoms with Crippen LogP contribution in [0.25, 0.3) is 10.8 Å². The molecular weight excluding hydrogens is 497 g/mol. The van der Waals surface area contributed by atoms with E-state index in [-0.39, 0.29) is 6.54 Å². The van der Waals surface area contributed by atoms with Gasteiger partial charge in [0.25, 0.3) is 0 Å². The molecule has 0 saturated carbocycles. The maximum atomic E-state index is 13.5. The quantitative estimate of drug-likeness (QED) is 0.483. The Hall–Kier alpha value is -2.81. The monoisotopic (exact) mass is 521 g/mol. The lowest BCUT2D eigenvalue weighted by molar-refractivity contribution is -0.139. The second-order valence-corrected chi connectivity index (χ2v) is 10.6. The fourth-order valence-electron chi connectivity index (χ4n) is 3.65. The summed E-state index contributed by atoms with van der Waals surface area (Å²) < 4.78 is 26.6. The summed E-state index contributed by atoms with van der Waals surface area (Å²) >= 11 is 12.3. The highest BCUT2D eigenvalue weighted by Gasteiger charge is 2.30. The van der Waals surface area contributed by atoms with Crippen LogP contribution in [0.2, 0.25) is 10.0 Å². The van der Waals surface area contributed by atoms with E-state index in [1.807, 2.05) is 18.2 Å². The van der Waals surface area contributed by atoms with Crippen LogP contribution in [0.3, 0.4) is 0 Å². The highest BCUT2D eigenvalue weighted by Crippen LogP contribution is 2.29. The molecule has 1 atom stereocenters. The van der Waals surface area contributed by atoms with Gasteiger partial charge >= 0.3 is 0 Å². The summed E-state index contributed by atoms with van der Waals surface area (Å²) in [5, 5.41) is 4.83. The van der Waals surface area contributed by atoms with Crippen molar-refractivity contribution >= 4 is 61.5 Å². The molecule has 0 heterocycles. The first-order valence-corrected chi connectivity index (χ1v) is 13.0. The number of nitrogens with zero attached hydrogens (tertiary/aromatic N) is 2. The summed E-state index contributed by atoms with van der Waals surface area (Å²) in [7, 11) is -2.37. The van der Waals surface area contributed by atoms with Gasteiger partial charge in [-0.3, -0.25) is 13.9 Å². The third-order valence-electron chi connectivity index (χ3n) is 5.48. The number of fused-ring (bicyclic) bond motifs is 1. The van der Waals surface area contributed by atoms with Gasteiger partial charge in [0, 0.05) is 29.0 Å². The van der Waals surface area contributed by atoms with Gasteiger partial charge in [0.1, 0.15) is 12.6 Å². The van der Waals surface area contributed by atoms with E-state index in [1.54, 1.807) is 49.4 Å². The molecule has 0 fully saturated rings. The zero-order valence-corrected chi connectivity index (χ0v) is 21.3. The molecule has 3 aromatic carbocycles. The van der Waals surface area contributed by atoms with Crippen LogP contribution in [0, 0.1) is 0 Å². The summed E-state index contributed by atoms with van der Waals surface area (Å²) in [6.07, 6.45) is 1.05. The van der Waals surface area contributed by atoms with Gasteiger partial charge in [-0.2, -0.15) is 0 Å². The number of hydrogen-bond acceptors (Lipinski definition) is 4. The van der Waals surface area contributed by atoms with Crippen LogP contribution < -0.4 is 9.62 Å². The Labute approximate surface area is 209 Å². The van der Waals surface area contributed by atoms with Crippen molar-refractivity contribution in [3.05, 3.63) is 76.3 Å². The molecule has 2 amide bonds. The van der Waals surface area contributed by atoms with Gasteiger partial charge in [-0.1, -0.05) is 65.7 Å². The Morgan fingerprint density at radius 2 is 1.71 bits per heavy atom. The van der Waals surface area contributed by atoms with Gasteiger partial charge in [-0.15, -0.1) is 0 Å². The average molecular weight is 522 g/mol. The number of anilines is 1. The molecule has 10 heteroatoms. The second-order valence-electron chi connectivity index (χ2n) is 7.82. The number of halogens is 2. The van der Waals surface area contributed by atoms with Crippen LogP contribution in [-0.4, -0.2) is 51.0 Å². The Morgan fingerprint density at radius 3 is 2.35 bits per heavy atom. The minimum atomic E-state index is -3.83. The van der Waals surface area contributed by atoms with E-state index in [1.165, 1.54) is 11.9 Å². The Balaban J connectivity index is 2.02. The standard InChI is InChI=1S/C24H25Cl2N3O4S/c1-16(24(31)27-2)28(14-18-11-12-19(25)13-21(18)26)23(30)15-29(34(3,32)33)22-10-6-8-17-7-4-5-9-20(17)22/h4-13,16H,14-15H2,1-3H3,(H,27,31)/t16-/m0/s1. The molecule has 0 aliphatic rings. The van der Waals surface area contributed by atoms with Crippen molar-refractivity contribution < 1.29 is 18.0 Å². The lowest BCUT2D eigenvalue weighted by Gasteiger charge is -2.31. The predicted octanol–water partition coefficient (Wildman–Crippen LogP) is 4.08. The van der Waals surface area contributed by atoms with Gasteiger partial charge in [0.05, 0.1) is 11.9 Å². The molecule has 0 aromatic heterocycles. The summed E-state index contributed by atoms with van der Waals surface area (Å²) in [4.78, 5) is 27.3. The van der Waals surface area contributed by atoms with E-state index < -0.39 is 34.4 Å². The molecule has 0 bridgehead atoms. The first kappa shape index (κ1) is 25.8. The predicted molar refractivity (Wildman–Crippen MR) is 137 cm³/mol. The molecule has 1 N–H and O–H groups in total. The van der Waals surface area contributed by atoms with Crippen LogP contribution in [0.15, 0.2) is 60.7 Å². The molecule has 0 saturated heterocycles. The minimum Gasteiger partial charge on any atom is -0.357 e. The molecule has 0 unspecified atom stereocenters. The maximum Gasteiger partial charge on any atom is 0.244 e. The molecule has 180 valence electrons. The molecular formula is C24H25Cl2N3O4S. The lowest BCUT2D eigenvalue weighted by Crippen LogP contribution is -2.50. The zero-order valence-electron chi connectivity index (χ0n) is 19.0. The van der Waals surface area contributed by atoms with Crippen molar-refractivity contribution in [3.8, 4) is 0 Å². The third-order valence-corrected chi connectivity index (χ3v) is 7.20. The van der Waals surface area contributed by atoms with Gasteiger partial charge < -0.3 is 10.2 Å². The fourth-order valence-corrected chi connectivity index (χ4v) is 4.98. The number of carbonyl (C=O) groups is 2. The van der Waals surface area contributed by atoms with Crippen LogP contribution in [0.5, 0.6) is 0 Å². The highest BCUT2D eigenvalue weighted by molar-refractivity contribution is 7.92. The first-order chi connectivity index (χ1) is 16.0. The van der Waals surface area contributed by atoms with E-state index in [0.29, 0.717) is 26.7 Å². The summed E-state index contributed by atoms with van der Waals surface area (Å²) in [5.74, 6) is -0.949. The van der Waals surface area contributed by atoms with Crippen LogP contribution in [0.1, 0.15) is 12.5 Å². The number of amides is 2. The highest BCUT2D eigenvalue weighted by atomic mass is 35.5. The molecule has 3 aromatic rings. The first-order valence-electron chi connectivity index (χ1n) is 10.4. The van der Waals surface area contributed by atoms with Crippen molar-refractivity contribution in [2.75, 3.05) is 24.2 Å². The largest absolute Gasteiger partial charge is 0.357 e. The Kier molecular flexibility index (Phi) is 8.07. The third kappa shape index (κ3) is 5.81. The molecule has 34 heavy (non-hydrogen) atoms. The Bertz CT molecular complexity index is 1330. The number of hydrogen-bond donors (Lipinski definition) is 1. The Morgan fingerprint density at radius 1 is 1.03 bits per heavy atom. The minimum absolute atomic E-state index is 0.00341. The van der Waals surface area contributed by atoms with Gasteiger partial charge in [-0.05, 0) is 36.1 Å². The molecule has 0 aliphatic heterocycles. The smallest absolute Gasteiger partial charge is 0.244 e. The van der Waals surface area contributed by atoms with Crippen LogP contribution >= 0.6 is 23.2 Å². The number of carbonyl (C=O) groups excluding carboxylic acids is 2. The lowest BCUT2D eigenvalue weighted by atomic mass is 10.1. The summed E-state index contributed by atoms with van der Waals surface area (Å²) in [5.41, 5.74) is 0.956. The van der Waals surface area contributed by atoms with Crippen molar-refractivity contribution in [2.24, 2.45) is 0 Å². The molecule has 0 spiro atoms.